The molecule has 256 valence electrons. The quantitative estimate of drug-likeness (QED) is 0.257. The number of nitrogens with one attached hydrogen (secondary N) is 1. The summed E-state index contributed by atoms with van der Waals surface area (Å²) in [5.74, 6) is 0.388. The molecule has 0 bridgehead atoms. The lowest BCUT2D eigenvalue weighted by Crippen LogP contribution is -2.47. The third-order valence-corrected chi connectivity index (χ3v) is 9.79. The number of nitrogens with zero attached hydrogens (tertiary/aromatic N) is 7. The van der Waals surface area contributed by atoms with Gasteiger partial charge in [0, 0.05) is 89.0 Å². The molecule has 4 aromatic rings. The SMILES string of the molecule is CC(=O)OCc1c(-c2cc(Nc3ccc(N4CCN(CCO)CC4)cn3)c(=O)n(C)c2)ccnc1N1CCn2c(cc3c2CCCC3)C1=O. The first-order valence-corrected chi connectivity index (χ1v) is 17.0. The lowest BCUT2D eigenvalue weighted by atomic mass is 9.98. The maximum atomic E-state index is 14.0. The van der Waals surface area contributed by atoms with Crippen LogP contribution in [-0.4, -0.2) is 86.9 Å². The zero-order chi connectivity index (χ0) is 34.1. The van der Waals surface area contributed by atoms with Gasteiger partial charge >= 0.3 is 5.97 Å². The van der Waals surface area contributed by atoms with Crippen LogP contribution in [-0.2, 0) is 42.6 Å². The number of aliphatic hydroxyl groups is 1. The standard InChI is InChI=1S/C36H42N8O5/c1-24(46)49-23-29-28(9-10-37-34(29)44-16-15-43-31-6-4-3-5-25(31)20-32(43)36(44)48)26-19-30(35(47)40(2)22-26)39-33-8-7-27(21-38-33)42-13-11-41(12-14-42)17-18-45/h7-10,19-22,45H,3-6,11-18,23H2,1-2H3,(H,38,39). The number of aliphatic hydroxyl groups excluding tert-OH is 1. The molecular formula is C36H42N8O5. The Bertz CT molecular complexity index is 1930. The van der Waals surface area contributed by atoms with Crippen LogP contribution in [0.4, 0.5) is 23.0 Å². The van der Waals surface area contributed by atoms with Gasteiger partial charge in [0.05, 0.1) is 18.5 Å². The number of β-amino-alcohol motifs (C(OH)–C–C–N with tert-alkyl or cyclic N) is 1. The Balaban J connectivity index is 1.18. The van der Waals surface area contributed by atoms with Gasteiger partial charge in [-0.15, -0.1) is 0 Å². The minimum Gasteiger partial charge on any atom is -0.461 e. The molecule has 2 N–H and O–H groups in total. The van der Waals surface area contributed by atoms with Gasteiger partial charge < -0.3 is 29.2 Å². The van der Waals surface area contributed by atoms with Crippen molar-refractivity contribution in [1.29, 1.82) is 0 Å². The minimum atomic E-state index is -0.448. The lowest BCUT2D eigenvalue weighted by molar-refractivity contribution is -0.142. The number of aryl methyl sites for hydroxylation is 2. The topological polar surface area (TPSA) is 138 Å². The average molecular weight is 667 g/mol. The van der Waals surface area contributed by atoms with Crippen LogP contribution < -0.4 is 20.7 Å². The number of carbonyl (C=O) groups is 2. The summed E-state index contributed by atoms with van der Waals surface area (Å²) in [6, 6.07) is 9.44. The molecule has 1 amide bonds. The van der Waals surface area contributed by atoms with Gasteiger partial charge in [-0.3, -0.25) is 24.2 Å². The van der Waals surface area contributed by atoms with Gasteiger partial charge in [0.1, 0.15) is 29.6 Å². The monoisotopic (exact) mass is 666 g/mol. The molecule has 0 atom stereocenters. The molecule has 0 spiro atoms. The molecular weight excluding hydrogens is 624 g/mol. The van der Waals surface area contributed by atoms with Crippen molar-refractivity contribution in [2.24, 2.45) is 7.05 Å². The molecule has 7 rings (SSSR count). The van der Waals surface area contributed by atoms with Crippen LogP contribution in [0.15, 0.2) is 53.7 Å². The number of aromatic nitrogens is 4. The third kappa shape index (κ3) is 6.55. The maximum absolute atomic E-state index is 14.0. The van der Waals surface area contributed by atoms with Gasteiger partial charge in [-0.25, -0.2) is 9.97 Å². The second kappa shape index (κ2) is 13.8. The Hall–Kier alpha value is -5.01. The van der Waals surface area contributed by atoms with Gasteiger partial charge in [0.15, 0.2) is 0 Å². The van der Waals surface area contributed by atoms with Crippen LogP contribution in [0.2, 0.25) is 0 Å². The van der Waals surface area contributed by atoms with E-state index in [9.17, 15) is 19.5 Å². The van der Waals surface area contributed by atoms with Crippen LogP contribution in [0.3, 0.4) is 0 Å². The predicted molar refractivity (Wildman–Crippen MR) is 186 cm³/mol. The van der Waals surface area contributed by atoms with E-state index >= 15 is 0 Å². The van der Waals surface area contributed by atoms with E-state index < -0.39 is 5.97 Å². The first kappa shape index (κ1) is 32.5. The zero-order valence-electron chi connectivity index (χ0n) is 28.0. The van der Waals surface area contributed by atoms with Crippen LogP contribution in [0.25, 0.3) is 11.1 Å². The van der Waals surface area contributed by atoms with E-state index in [0.29, 0.717) is 59.3 Å². The summed E-state index contributed by atoms with van der Waals surface area (Å²) >= 11 is 0. The molecule has 2 aliphatic heterocycles. The van der Waals surface area contributed by atoms with Crippen molar-refractivity contribution >= 4 is 34.9 Å². The largest absolute Gasteiger partial charge is 0.461 e. The van der Waals surface area contributed by atoms with E-state index in [4.69, 9.17) is 4.74 Å². The van der Waals surface area contributed by atoms with Gasteiger partial charge in [0.2, 0.25) is 0 Å². The van der Waals surface area contributed by atoms with Gasteiger partial charge in [0.25, 0.3) is 11.5 Å². The van der Waals surface area contributed by atoms with Crippen molar-refractivity contribution < 1.29 is 19.4 Å². The summed E-state index contributed by atoms with van der Waals surface area (Å²) in [6.07, 6.45) is 9.41. The summed E-state index contributed by atoms with van der Waals surface area (Å²) in [5, 5.41) is 12.4. The fraction of sp³-hybridized carbons (Fsp3) is 0.417. The first-order valence-electron chi connectivity index (χ1n) is 17.0. The molecule has 0 radical (unpaired) electrons. The summed E-state index contributed by atoms with van der Waals surface area (Å²) in [5.41, 5.74) is 6.25. The number of piperazine rings is 1. The summed E-state index contributed by atoms with van der Waals surface area (Å²) in [4.78, 5) is 54.7. The van der Waals surface area contributed by atoms with E-state index in [1.54, 1.807) is 36.6 Å². The number of carbonyl (C=O) groups excluding carboxylic acids is 2. The van der Waals surface area contributed by atoms with E-state index in [0.717, 1.165) is 57.5 Å². The fourth-order valence-corrected chi connectivity index (χ4v) is 7.24. The van der Waals surface area contributed by atoms with Crippen LogP contribution in [0.5, 0.6) is 0 Å². The number of rotatable bonds is 9. The molecule has 1 fully saturated rings. The smallest absolute Gasteiger partial charge is 0.302 e. The Morgan fingerprint density at radius 2 is 1.82 bits per heavy atom. The van der Waals surface area contributed by atoms with Crippen LogP contribution in [0.1, 0.15) is 47.1 Å². The molecule has 0 aromatic carbocycles. The highest BCUT2D eigenvalue weighted by Gasteiger charge is 2.33. The highest BCUT2D eigenvalue weighted by Crippen LogP contribution is 2.35. The van der Waals surface area contributed by atoms with Crippen molar-refractivity contribution in [2.75, 3.05) is 61.0 Å². The summed E-state index contributed by atoms with van der Waals surface area (Å²) in [7, 11) is 1.68. The molecule has 4 aromatic heterocycles. The minimum absolute atomic E-state index is 0.0853. The van der Waals surface area contributed by atoms with E-state index in [2.05, 4.69) is 29.7 Å². The number of amides is 1. The second-order valence-electron chi connectivity index (χ2n) is 12.9. The maximum Gasteiger partial charge on any atom is 0.302 e. The molecule has 13 nitrogen and oxygen atoms in total. The molecule has 49 heavy (non-hydrogen) atoms. The van der Waals surface area contributed by atoms with Crippen molar-refractivity contribution in [3.05, 3.63) is 81.8 Å². The third-order valence-electron chi connectivity index (χ3n) is 9.79. The summed E-state index contributed by atoms with van der Waals surface area (Å²) in [6.45, 7) is 6.65. The molecule has 1 aliphatic carbocycles. The number of pyridine rings is 3. The number of anilines is 4. The van der Waals surface area contributed by atoms with Gasteiger partial charge in [-0.2, -0.15) is 0 Å². The lowest BCUT2D eigenvalue weighted by Gasteiger charge is -2.35. The van der Waals surface area contributed by atoms with E-state index in [1.165, 1.54) is 22.7 Å². The molecule has 3 aliphatic rings. The van der Waals surface area contributed by atoms with Crippen molar-refractivity contribution in [1.82, 2.24) is 24.0 Å². The van der Waals surface area contributed by atoms with Gasteiger partial charge in [-0.05, 0) is 67.1 Å². The second-order valence-corrected chi connectivity index (χ2v) is 12.9. The highest BCUT2D eigenvalue weighted by atomic mass is 16.5. The molecule has 1 saturated heterocycles. The zero-order valence-corrected chi connectivity index (χ0v) is 28.0. The fourth-order valence-electron chi connectivity index (χ4n) is 7.24. The number of hydrogen-bond acceptors (Lipinski definition) is 10. The van der Waals surface area contributed by atoms with Crippen LogP contribution in [0, 0.1) is 0 Å². The van der Waals surface area contributed by atoms with Gasteiger partial charge in [-0.1, -0.05) is 0 Å². The van der Waals surface area contributed by atoms with Crippen LogP contribution >= 0.6 is 0 Å². The highest BCUT2D eigenvalue weighted by molar-refractivity contribution is 6.06. The van der Waals surface area contributed by atoms with E-state index in [-0.39, 0.29) is 24.7 Å². The Morgan fingerprint density at radius 3 is 2.57 bits per heavy atom. The molecule has 0 unspecified atom stereocenters. The average Bonchev–Trinajstić information content (AvgIpc) is 3.50. The number of hydrogen-bond donors (Lipinski definition) is 2. The van der Waals surface area contributed by atoms with Crippen molar-refractivity contribution in [3.8, 4) is 11.1 Å². The normalized spacial score (nSPS) is 16.3. The molecule has 0 saturated carbocycles. The molecule has 6 heterocycles. The number of esters is 1. The Kier molecular flexibility index (Phi) is 9.19. The number of fused-ring (bicyclic) bond motifs is 3. The number of ether oxygens (including phenoxy) is 1. The first-order chi connectivity index (χ1) is 23.8. The van der Waals surface area contributed by atoms with E-state index in [1.807, 2.05) is 24.3 Å². The Labute approximate surface area is 284 Å². The van der Waals surface area contributed by atoms with Crippen molar-refractivity contribution in [3.63, 3.8) is 0 Å². The van der Waals surface area contributed by atoms with Crippen molar-refractivity contribution in [2.45, 2.75) is 45.8 Å². The Morgan fingerprint density at radius 1 is 1.00 bits per heavy atom. The summed E-state index contributed by atoms with van der Waals surface area (Å²) < 4.78 is 9.17. The molecule has 13 heteroatoms. The predicted octanol–water partition coefficient (Wildman–Crippen LogP) is 3.10.